The highest BCUT2D eigenvalue weighted by atomic mass is 32.1. The minimum Gasteiger partial charge on any atom is -0.293 e. The van der Waals surface area contributed by atoms with E-state index < -0.39 is 0 Å². The lowest BCUT2D eigenvalue weighted by atomic mass is 10.1. The number of benzene rings is 1. The first-order chi connectivity index (χ1) is 10.9. The van der Waals surface area contributed by atoms with Crippen molar-refractivity contribution in [2.75, 3.05) is 6.54 Å². The standard InChI is InChI=1S/C18H17N3S/c1-2-4-15(5-3-1)18-19-10-16-6-8-21(12-17(16)20-18)11-14-7-9-22-13-14/h1-5,7,9-10,13H,6,8,11-12H2. The SMILES string of the molecule is c1ccc(-c2ncc3c(n2)CN(Cc2ccsc2)CC3)cc1. The molecule has 0 saturated carbocycles. The predicted molar refractivity (Wildman–Crippen MR) is 89.6 cm³/mol. The summed E-state index contributed by atoms with van der Waals surface area (Å²) in [7, 11) is 0. The lowest BCUT2D eigenvalue weighted by Crippen LogP contribution is -2.30. The monoisotopic (exact) mass is 307 g/mol. The van der Waals surface area contributed by atoms with Gasteiger partial charge in [0.1, 0.15) is 0 Å². The molecule has 2 aromatic heterocycles. The van der Waals surface area contributed by atoms with E-state index in [9.17, 15) is 0 Å². The molecule has 0 amide bonds. The summed E-state index contributed by atoms with van der Waals surface area (Å²) in [6.45, 7) is 3.00. The molecule has 1 aromatic carbocycles. The van der Waals surface area contributed by atoms with Crippen LogP contribution in [0.2, 0.25) is 0 Å². The minimum absolute atomic E-state index is 0.830. The van der Waals surface area contributed by atoms with Crippen molar-refractivity contribution in [2.24, 2.45) is 0 Å². The molecule has 0 bridgehead atoms. The second kappa shape index (κ2) is 5.99. The average molecular weight is 307 g/mol. The van der Waals surface area contributed by atoms with Crippen LogP contribution in [0.4, 0.5) is 0 Å². The predicted octanol–water partition coefficient (Wildman–Crippen LogP) is 3.76. The molecule has 3 heterocycles. The molecule has 0 aliphatic carbocycles. The van der Waals surface area contributed by atoms with Crippen LogP contribution in [0.25, 0.3) is 11.4 Å². The zero-order chi connectivity index (χ0) is 14.8. The minimum atomic E-state index is 0.830. The molecule has 4 rings (SSSR count). The van der Waals surface area contributed by atoms with Crippen LogP contribution in [0.15, 0.2) is 53.4 Å². The van der Waals surface area contributed by atoms with Gasteiger partial charge in [0.05, 0.1) is 5.69 Å². The average Bonchev–Trinajstić information content (AvgIpc) is 3.08. The fraction of sp³-hybridized carbons (Fsp3) is 0.222. The Labute approximate surface area is 134 Å². The maximum absolute atomic E-state index is 4.81. The van der Waals surface area contributed by atoms with Crippen LogP contribution in [-0.2, 0) is 19.5 Å². The summed E-state index contributed by atoms with van der Waals surface area (Å²) in [5.41, 5.74) is 4.95. The maximum atomic E-state index is 4.81. The van der Waals surface area contributed by atoms with Gasteiger partial charge in [-0.05, 0) is 34.4 Å². The normalized spacial score (nSPS) is 14.7. The molecule has 0 radical (unpaired) electrons. The van der Waals surface area contributed by atoms with Crippen molar-refractivity contribution in [3.05, 3.63) is 70.2 Å². The molecule has 0 fully saturated rings. The van der Waals surface area contributed by atoms with Crippen LogP contribution in [0.5, 0.6) is 0 Å². The summed E-state index contributed by atoms with van der Waals surface area (Å²) in [6.07, 6.45) is 3.04. The van der Waals surface area contributed by atoms with Gasteiger partial charge in [0, 0.05) is 31.4 Å². The zero-order valence-electron chi connectivity index (χ0n) is 12.3. The number of rotatable bonds is 3. The van der Waals surface area contributed by atoms with Gasteiger partial charge in [0.2, 0.25) is 0 Å². The highest BCUT2D eigenvalue weighted by Crippen LogP contribution is 2.22. The van der Waals surface area contributed by atoms with Gasteiger partial charge in [-0.1, -0.05) is 30.3 Å². The Morgan fingerprint density at radius 1 is 1.14 bits per heavy atom. The summed E-state index contributed by atoms with van der Waals surface area (Å²) >= 11 is 1.76. The Balaban J connectivity index is 1.58. The Morgan fingerprint density at radius 3 is 2.86 bits per heavy atom. The van der Waals surface area contributed by atoms with E-state index in [-0.39, 0.29) is 0 Å². The smallest absolute Gasteiger partial charge is 0.159 e. The number of fused-ring (bicyclic) bond motifs is 1. The van der Waals surface area contributed by atoms with Crippen molar-refractivity contribution in [1.82, 2.24) is 14.9 Å². The quantitative estimate of drug-likeness (QED) is 0.737. The molecule has 0 saturated heterocycles. The summed E-state index contributed by atoms with van der Waals surface area (Å²) in [6, 6.07) is 12.4. The third-order valence-corrected chi connectivity index (χ3v) is 4.78. The van der Waals surface area contributed by atoms with Crippen molar-refractivity contribution in [3.63, 3.8) is 0 Å². The molecular formula is C18H17N3S. The van der Waals surface area contributed by atoms with Crippen LogP contribution >= 0.6 is 11.3 Å². The summed E-state index contributed by atoms with van der Waals surface area (Å²) < 4.78 is 0. The van der Waals surface area contributed by atoms with E-state index in [1.54, 1.807) is 11.3 Å². The Morgan fingerprint density at radius 2 is 2.05 bits per heavy atom. The van der Waals surface area contributed by atoms with Gasteiger partial charge >= 0.3 is 0 Å². The molecule has 4 heteroatoms. The second-order valence-electron chi connectivity index (χ2n) is 5.62. The second-order valence-corrected chi connectivity index (χ2v) is 6.40. The van der Waals surface area contributed by atoms with Gasteiger partial charge < -0.3 is 0 Å². The number of hydrogen-bond acceptors (Lipinski definition) is 4. The van der Waals surface area contributed by atoms with Crippen molar-refractivity contribution in [2.45, 2.75) is 19.5 Å². The van der Waals surface area contributed by atoms with Gasteiger partial charge in [0.15, 0.2) is 5.82 Å². The topological polar surface area (TPSA) is 29.0 Å². The first kappa shape index (κ1) is 13.6. The van der Waals surface area contributed by atoms with E-state index in [2.05, 4.69) is 38.8 Å². The van der Waals surface area contributed by atoms with Crippen LogP contribution in [0.3, 0.4) is 0 Å². The van der Waals surface area contributed by atoms with E-state index in [4.69, 9.17) is 4.98 Å². The van der Waals surface area contributed by atoms with E-state index >= 15 is 0 Å². The molecule has 1 aliphatic rings. The third kappa shape index (κ3) is 2.80. The molecule has 22 heavy (non-hydrogen) atoms. The van der Waals surface area contributed by atoms with Crippen LogP contribution < -0.4 is 0 Å². The van der Waals surface area contributed by atoms with Gasteiger partial charge in [-0.25, -0.2) is 9.97 Å². The zero-order valence-corrected chi connectivity index (χ0v) is 13.1. The van der Waals surface area contributed by atoms with Crippen LogP contribution in [-0.4, -0.2) is 21.4 Å². The van der Waals surface area contributed by atoms with Crippen molar-refractivity contribution < 1.29 is 0 Å². The fourth-order valence-electron chi connectivity index (χ4n) is 2.86. The van der Waals surface area contributed by atoms with Crippen LogP contribution in [0, 0.1) is 0 Å². The van der Waals surface area contributed by atoms with Gasteiger partial charge in [-0.2, -0.15) is 11.3 Å². The molecular weight excluding hydrogens is 290 g/mol. The Kier molecular flexibility index (Phi) is 3.70. The lowest BCUT2D eigenvalue weighted by molar-refractivity contribution is 0.241. The number of hydrogen-bond donors (Lipinski definition) is 0. The van der Waals surface area contributed by atoms with Gasteiger partial charge in [0.25, 0.3) is 0 Å². The Hall–Kier alpha value is -2.04. The number of nitrogens with zero attached hydrogens (tertiary/aromatic N) is 3. The molecule has 0 spiro atoms. The lowest BCUT2D eigenvalue weighted by Gasteiger charge is -2.27. The molecule has 3 nitrogen and oxygen atoms in total. The van der Waals surface area contributed by atoms with E-state index in [0.29, 0.717) is 0 Å². The van der Waals surface area contributed by atoms with Crippen LogP contribution in [0.1, 0.15) is 16.8 Å². The van der Waals surface area contributed by atoms with Gasteiger partial charge in [-0.15, -0.1) is 0 Å². The van der Waals surface area contributed by atoms with Crippen molar-refractivity contribution in [3.8, 4) is 11.4 Å². The molecule has 0 unspecified atom stereocenters. The highest BCUT2D eigenvalue weighted by Gasteiger charge is 2.19. The number of thiophene rings is 1. The molecule has 110 valence electrons. The van der Waals surface area contributed by atoms with Crippen molar-refractivity contribution >= 4 is 11.3 Å². The fourth-order valence-corrected chi connectivity index (χ4v) is 3.52. The molecule has 0 atom stereocenters. The summed E-state index contributed by atoms with van der Waals surface area (Å²) in [5, 5.41) is 4.37. The molecule has 3 aromatic rings. The number of aromatic nitrogens is 2. The third-order valence-electron chi connectivity index (χ3n) is 4.04. The Bertz CT molecular complexity index is 753. The molecule has 0 N–H and O–H groups in total. The van der Waals surface area contributed by atoms with E-state index in [1.807, 2.05) is 24.4 Å². The molecule has 1 aliphatic heterocycles. The van der Waals surface area contributed by atoms with Gasteiger partial charge in [-0.3, -0.25) is 4.90 Å². The summed E-state index contributed by atoms with van der Waals surface area (Å²) in [4.78, 5) is 11.8. The van der Waals surface area contributed by atoms with Crippen molar-refractivity contribution in [1.29, 1.82) is 0 Å². The maximum Gasteiger partial charge on any atom is 0.159 e. The summed E-state index contributed by atoms with van der Waals surface area (Å²) in [5.74, 6) is 0.830. The first-order valence-electron chi connectivity index (χ1n) is 7.52. The largest absolute Gasteiger partial charge is 0.293 e. The highest BCUT2D eigenvalue weighted by molar-refractivity contribution is 7.07. The van der Waals surface area contributed by atoms with E-state index in [0.717, 1.165) is 37.4 Å². The van der Waals surface area contributed by atoms with E-state index in [1.165, 1.54) is 16.8 Å². The first-order valence-corrected chi connectivity index (χ1v) is 8.46.